The van der Waals surface area contributed by atoms with Gasteiger partial charge in [-0.05, 0) is 19.3 Å². The monoisotopic (exact) mass is 598 g/mol. The number of carboxylic acids is 1. The Balaban J connectivity index is 0. The molecule has 0 amide bonds. The molecule has 40 heavy (non-hydrogen) atoms. The lowest BCUT2D eigenvalue weighted by molar-refractivity contribution is -0.138. The van der Waals surface area contributed by atoms with Gasteiger partial charge in [-0.15, -0.1) is 0 Å². The Morgan fingerprint density at radius 3 is 1.65 bits per heavy atom. The van der Waals surface area contributed by atoms with Crippen molar-refractivity contribution in [2.75, 3.05) is 26.4 Å². The van der Waals surface area contributed by atoms with Gasteiger partial charge in [0.1, 0.15) is 12.1 Å². The molecule has 0 bridgehead atoms. The van der Waals surface area contributed by atoms with Crippen LogP contribution >= 0.6 is 7.82 Å². The molecule has 0 saturated carbocycles. The zero-order valence-corrected chi connectivity index (χ0v) is 25.7. The van der Waals surface area contributed by atoms with E-state index in [0.717, 1.165) is 12.8 Å². The summed E-state index contributed by atoms with van der Waals surface area (Å²) in [4.78, 5) is 31.0. The normalized spacial score (nSPS) is 12.8. The third-order valence-electron chi connectivity index (χ3n) is 6.17. The first-order chi connectivity index (χ1) is 19.0. The summed E-state index contributed by atoms with van der Waals surface area (Å²) >= 11 is 0. The molecule has 0 aliphatic carbocycles. The number of unbranched alkanes of at least 4 members (excludes halogenated alkanes) is 15. The summed E-state index contributed by atoms with van der Waals surface area (Å²) < 4.78 is 20.0. The van der Waals surface area contributed by atoms with Crippen LogP contribution in [0.25, 0.3) is 0 Å². The SMILES string of the molecule is CCCCCCCCCCCCCCCCCCOCC(O)COP(=O)(O)O.NC(N)=NCCC[C@H](N)C(=O)O. The van der Waals surface area contributed by atoms with Gasteiger partial charge in [0.15, 0.2) is 5.96 Å². The molecule has 12 nitrogen and oxygen atoms in total. The molecule has 2 atom stereocenters. The lowest BCUT2D eigenvalue weighted by Crippen LogP contribution is -2.30. The summed E-state index contributed by atoms with van der Waals surface area (Å²) in [5.41, 5.74) is 15.3. The van der Waals surface area contributed by atoms with E-state index in [4.69, 9.17) is 36.8 Å². The first kappa shape index (κ1) is 40.9. The van der Waals surface area contributed by atoms with Crippen LogP contribution in [0.5, 0.6) is 0 Å². The van der Waals surface area contributed by atoms with Crippen molar-refractivity contribution >= 4 is 19.8 Å². The maximum absolute atomic E-state index is 10.5. The van der Waals surface area contributed by atoms with Crippen molar-refractivity contribution in [2.45, 2.75) is 135 Å². The number of phosphoric ester groups is 1. The number of rotatable bonds is 27. The molecule has 0 radical (unpaired) electrons. The number of ether oxygens (including phenoxy) is 1. The second-order valence-electron chi connectivity index (χ2n) is 10.2. The fourth-order valence-corrected chi connectivity index (χ4v) is 4.21. The second kappa shape index (κ2) is 29.2. The summed E-state index contributed by atoms with van der Waals surface area (Å²) in [5.74, 6) is -0.987. The van der Waals surface area contributed by atoms with E-state index in [1.807, 2.05) is 0 Å². The molecule has 0 rings (SSSR count). The van der Waals surface area contributed by atoms with E-state index >= 15 is 0 Å². The fraction of sp³-hybridized carbons (Fsp3) is 0.926. The van der Waals surface area contributed by atoms with Crippen LogP contribution in [0, 0.1) is 0 Å². The van der Waals surface area contributed by atoms with Crippen LogP contribution in [-0.2, 0) is 18.6 Å². The lowest BCUT2D eigenvalue weighted by Gasteiger charge is -2.12. The number of carbonyl (C=O) groups is 1. The van der Waals surface area contributed by atoms with Crippen LogP contribution in [-0.4, -0.2) is 70.4 Å². The Labute approximate surface area is 241 Å². The molecular weight excluding hydrogens is 539 g/mol. The predicted octanol–water partition coefficient (Wildman–Crippen LogP) is 4.19. The third kappa shape index (κ3) is 36.7. The number of nitrogens with two attached hydrogens (primary N) is 3. The summed E-state index contributed by atoms with van der Waals surface area (Å²) in [6.45, 7) is 2.87. The van der Waals surface area contributed by atoms with Gasteiger partial charge in [0.05, 0.1) is 13.2 Å². The standard InChI is InChI=1S/C21H45O6P.C6H14N4O2/c1-2-3-4-5-6-7-8-9-10-11-12-13-14-15-16-17-18-26-19-21(22)20-27-28(23,24)25;7-4(5(11)12)2-1-3-10-6(8)9/h21-22H,2-20H2,1H3,(H2,23,24,25);4H,1-3,7H2,(H,11,12)(H4,8,9,10)/t;4-/m.0/s1. The topological polar surface area (TPSA) is 224 Å². The second-order valence-corrected chi connectivity index (χ2v) is 11.5. The number of aliphatic imine (C=N–C) groups is 1. The predicted molar refractivity (Wildman–Crippen MR) is 160 cm³/mol. The maximum atomic E-state index is 10.5. The highest BCUT2D eigenvalue weighted by atomic mass is 31.2. The van der Waals surface area contributed by atoms with Crippen LogP contribution in [0.1, 0.15) is 122 Å². The number of hydrogen-bond donors (Lipinski definition) is 7. The van der Waals surface area contributed by atoms with Gasteiger partial charge in [0.2, 0.25) is 0 Å². The van der Waals surface area contributed by atoms with Crippen molar-refractivity contribution in [3.8, 4) is 0 Å². The van der Waals surface area contributed by atoms with Crippen LogP contribution < -0.4 is 17.2 Å². The van der Waals surface area contributed by atoms with Gasteiger partial charge in [-0.1, -0.05) is 103 Å². The van der Waals surface area contributed by atoms with Gasteiger partial charge in [0, 0.05) is 13.2 Å². The number of carboxylic acid groups (broad SMARTS) is 1. The lowest BCUT2D eigenvalue weighted by atomic mass is 10.0. The van der Waals surface area contributed by atoms with E-state index in [-0.39, 0.29) is 12.6 Å². The summed E-state index contributed by atoms with van der Waals surface area (Å²) in [5, 5.41) is 17.8. The molecule has 0 aliphatic heterocycles. The first-order valence-electron chi connectivity index (χ1n) is 15.0. The van der Waals surface area contributed by atoms with Crippen molar-refractivity contribution in [1.82, 2.24) is 0 Å². The van der Waals surface area contributed by atoms with Crippen molar-refractivity contribution in [3.63, 3.8) is 0 Å². The molecule has 0 heterocycles. The smallest absolute Gasteiger partial charge is 0.469 e. The zero-order valence-electron chi connectivity index (χ0n) is 24.8. The number of phosphoric acid groups is 1. The fourth-order valence-electron chi connectivity index (χ4n) is 3.85. The molecule has 0 aliphatic rings. The van der Waals surface area contributed by atoms with Gasteiger partial charge < -0.3 is 41.9 Å². The molecule has 0 saturated heterocycles. The number of aliphatic carboxylic acids is 1. The molecule has 1 unspecified atom stereocenters. The average Bonchev–Trinajstić information content (AvgIpc) is 2.89. The molecule has 13 heteroatoms. The maximum Gasteiger partial charge on any atom is 0.469 e. The summed E-state index contributed by atoms with van der Waals surface area (Å²) in [6.07, 6.45) is 21.1. The van der Waals surface area contributed by atoms with Crippen molar-refractivity contribution in [1.29, 1.82) is 0 Å². The van der Waals surface area contributed by atoms with Crippen molar-refractivity contribution < 1.29 is 38.6 Å². The quantitative estimate of drug-likeness (QED) is 0.0307. The van der Waals surface area contributed by atoms with Crippen LogP contribution in [0.4, 0.5) is 0 Å². The van der Waals surface area contributed by atoms with E-state index in [2.05, 4.69) is 16.4 Å². The molecule has 240 valence electrons. The van der Waals surface area contributed by atoms with E-state index in [1.54, 1.807) is 0 Å². The zero-order chi connectivity index (χ0) is 30.5. The molecule has 0 aromatic carbocycles. The average molecular weight is 599 g/mol. The van der Waals surface area contributed by atoms with E-state index in [1.165, 1.54) is 89.9 Å². The molecule has 10 N–H and O–H groups in total. The molecule has 0 aromatic rings. The number of hydrogen-bond acceptors (Lipinski definition) is 7. The Morgan fingerprint density at radius 2 is 1.25 bits per heavy atom. The summed E-state index contributed by atoms with van der Waals surface area (Å²) in [6, 6.07) is -0.820. The molecule has 0 fully saturated rings. The van der Waals surface area contributed by atoms with Crippen molar-refractivity contribution in [3.05, 3.63) is 0 Å². The third-order valence-corrected chi connectivity index (χ3v) is 6.66. The largest absolute Gasteiger partial charge is 0.480 e. The van der Waals surface area contributed by atoms with Gasteiger partial charge in [0.25, 0.3) is 0 Å². The van der Waals surface area contributed by atoms with Crippen LogP contribution in [0.2, 0.25) is 0 Å². The highest BCUT2D eigenvalue weighted by molar-refractivity contribution is 7.46. The van der Waals surface area contributed by atoms with E-state index in [9.17, 15) is 14.5 Å². The highest BCUT2D eigenvalue weighted by Crippen LogP contribution is 2.35. The van der Waals surface area contributed by atoms with E-state index in [0.29, 0.717) is 26.0 Å². The van der Waals surface area contributed by atoms with Gasteiger partial charge in [-0.25, -0.2) is 4.57 Å². The molecule has 0 aromatic heterocycles. The van der Waals surface area contributed by atoms with Gasteiger partial charge in [-0.2, -0.15) is 0 Å². The Hall–Kier alpha value is -1.27. The number of aliphatic hydroxyl groups excluding tert-OH is 1. The highest BCUT2D eigenvalue weighted by Gasteiger charge is 2.16. The van der Waals surface area contributed by atoms with Crippen LogP contribution in [0.15, 0.2) is 4.99 Å². The van der Waals surface area contributed by atoms with Crippen LogP contribution in [0.3, 0.4) is 0 Å². The van der Waals surface area contributed by atoms with E-state index < -0.39 is 32.5 Å². The first-order valence-corrected chi connectivity index (χ1v) is 16.5. The Kier molecular flexibility index (Phi) is 29.9. The minimum Gasteiger partial charge on any atom is -0.480 e. The minimum atomic E-state index is -4.51. The van der Waals surface area contributed by atoms with Crippen molar-refractivity contribution in [2.24, 2.45) is 22.2 Å². The summed E-state index contributed by atoms with van der Waals surface area (Å²) in [7, 11) is -4.51. The van der Waals surface area contributed by atoms with Gasteiger partial charge in [-0.3, -0.25) is 14.3 Å². The Morgan fingerprint density at radius 1 is 0.800 bits per heavy atom. The molecule has 0 spiro atoms. The molecular formula is C27H59N4O8P. The number of aliphatic hydroxyl groups is 1. The number of nitrogens with zero attached hydrogens (tertiary/aromatic N) is 1. The minimum absolute atomic E-state index is 0.0129. The Bertz CT molecular complexity index is 648. The van der Waals surface area contributed by atoms with Gasteiger partial charge >= 0.3 is 13.8 Å². The number of guanidine groups is 1.